The van der Waals surface area contributed by atoms with Gasteiger partial charge in [0, 0.05) is 17.3 Å². The van der Waals surface area contributed by atoms with Gasteiger partial charge in [0.1, 0.15) is 5.82 Å². The molecular weight excluding hydrogens is 191 g/mol. The Morgan fingerprint density at radius 2 is 2.20 bits per heavy atom. The topological polar surface area (TPSA) is 28.7 Å². The van der Waals surface area contributed by atoms with Crippen LogP contribution in [0.3, 0.4) is 0 Å². The molecule has 2 rings (SSSR count). The number of H-pyrrole nitrogens is 1. The normalized spacial score (nSPS) is 10.6. The van der Waals surface area contributed by atoms with E-state index in [1.54, 1.807) is 18.5 Å². The van der Waals surface area contributed by atoms with Crippen molar-refractivity contribution in [3.63, 3.8) is 0 Å². The van der Waals surface area contributed by atoms with Crippen LogP contribution in [0.2, 0.25) is 0 Å². The van der Waals surface area contributed by atoms with Crippen LogP contribution in [0.25, 0.3) is 11.1 Å². The fraction of sp³-hybridized carbons (Fsp3) is 0.250. The highest BCUT2D eigenvalue weighted by Gasteiger charge is 2.08. The van der Waals surface area contributed by atoms with Crippen molar-refractivity contribution in [1.29, 1.82) is 0 Å². The number of aryl methyl sites for hydroxylation is 2. The van der Waals surface area contributed by atoms with Crippen LogP contribution >= 0.6 is 0 Å². The van der Waals surface area contributed by atoms with Gasteiger partial charge in [-0.15, -0.1) is 0 Å². The van der Waals surface area contributed by atoms with Crippen molar-refractivity contribution in [2.75, 3.05) is 0 Å². The second-order valence-electron chi connectivity index (χ2n) is 3.60. The van der Waals surface area contributed by atoms with Crippen LogP contribution < -0.4 is 0 Å². The van der Waals surface area contributed by atoms with Gasteiger partial charge in [-0.3, -0.25) is 5.10 Å². The quantitative estimate of drug-likeness (QED) is 0.800. The maximum absolute atomic E-state index is 13.7. The van der Waals surface area contributed by atoms with Crippen molar-refractivity contribution in [3.05, 3.63) is 41.5 Å². The van der Waals surface area contributed by atoms with Gasteiger partial charge >= 0.3 is 0 Å². The molecule has 1 N–H and O–H groups in total. The minimum atomic E-state index is -0.182. The van der Waals surface area contributed by atoms with Gasteiger partial charge in [0.2, 0.25) is 0 Å². The molecule has 1 heterocycles. The molecular formula is C12H13FN2. The fourth-order valence-electron chi connectivity index (χ4n) is 1.72. The second-order valence-corrected chi connectivity index (χ2v) is 3.60. The summed E-state index contributed by atoms with van der Waals surface area (Å²) in [6.07, 6.45) is 4.18. The monoisotopic (exact) mass is 204 g/mol. The summed E-state index contributed by atoms with van der Waals surface area (Å²) in [7, 11) is 0. The van der Waals surface area contributed by atoms with E-state index in [9.17, 15) is 4.39 Å². The van der Waals surface area contributed by atoms with Crippen LogP contribution in [0.15, 0.2) is 24.5 Å². The van der Waals surface area contributed by atoms with Gasteiger partial charge in [0.25, 0.3) is 0 Å². The van der Waals surface area contributed by atoms with Crippen LogP contribution in [0.4, 0.5) is 4.39 Å². The van der Waals surface area contributed by atoms with Gasteiger partial charge < -0.3 is 0 Å². The third-order valence-corrected chi connectivity index (χ3v) is 2.62. The first kappa shape index (κ1) is 9.90. The molecule has 2 nitrogen and oxygen atoms in total. The molecule has 0 aliphatic heterocycles. The van der Waals surface area contributed by atoms with Gasteiger partial charge in [-0.05, 0) is 36.6 Å². The Morgan fingerprint density at radius 1 is 1.40 bits per heavy atom. The average molecular weight is 204 g/mol. The van der Waals surface area contributed by atoms with Crippen LogP contribution in [-0.4, -0.2) is 10.2 Å². The number of aromatic nitrogens is 2. The van der Waals surface area contributed by atoms with Crippen molar-refractivity contribution in [2.24, 2.45) is 0 Å². The summed E-state index contributed by atoms with van der Waals surface area (Å²) in [5, 5.41) is 6.51. The van der Waals surface area contributed by atoms with Crippen molar-refractivity contribution in [3.8, 4) is 11.1 Å². The molecule has 0 fully saturated rings. The van der Waals surface area contributed by atoms with Crippen LogP contribution in [0.1, 0.15) is 18.1 Å². The van der Waals surface area contributed by atoms with E-state index in [1.165, 1.54) is 0 Å². The summed E-state index contributed by atoms with van der Waals surface area (Å²) in [5.74, 6) is -0.182. The zero-order valence-electron chi connectivity index (χ0n) is 8.84. The Kier molecular flexibility index (Phi) is 2.54. The molecule has 0 aliphatic rings. The van der Waals surface area contributed by atoms with Crippen molar-refractivity contribution >= 4 is 0 Å². The molecule has 1 aromatic carbocycles. The lowest BCUT2D eigenvalue weighted by molar-refractivity contribution is 0.628. The van der Waals surface area contributed by atoms with E-state index >= 15 is 0 Å². The van der Waals surface area contributed by atoms with E-state index in [2.05, 4.69) is 10.2 Å². The van der Waals surface area contributed by atoms with E-state index in [-0.39, 0.29) is 5.82 Å². The molecule has 0 bridgehead atoms. The fourth-order valence-corrected chi connectivity index (χ4v) is 1.72. The highest BCUT2D eigenvalue weighted by atomic mass is 19.1. The number of halogens is 1. The summed E-state index contributed by atoms with van der Waals surface area (Å²) in [5.41, 5.74) is 3.58. The summed E-state index contributed by atoms with van der Waals surface area (Å²) in [6, 6.07) is 3.48. The molecule has 2 aromatic rings. The lowest BCUT2D eigenvalue weighted by Crippen LogP contribution is -1.91. The maximum Gasteiger partial charge on any atom is 0.131 e. The number of aromatic amines is 1. The number of nitrogens with one attached hydrogen (secondary N) is 1. The number of benzene rings is 1. The molecule has 0 aliphatic carbocycles. The molecule has 0 saturated heterocycles. The highest BCUT2D eigenvalue weighted by molar-refractivity contribution is 5.64. The Labute approximate surface area is 88.1 Å². The van der Waals surface area contributed by atoms with E-state index < -0.39 is 0 Å². The highest BCUT2D eigenvalue weighted by Crippen LogP contribution is 2.25. The number of rotatable bonds is 2. The van der Waals surface area contributed by atoms with Crippen molar-refractivity contribution < 1.29 is 4.39 Å². The number of hydrogen-bond acceptors (Lipinski definition) is 1. The lowest BCUT2D eigenvalue weighted by atomic mass is 10.00. The predicted molar refractivity (Wildman–Crippen MR) is 58.1 cm³/mol. The van der Waals surface area contributed by atoms with Crippen LogP contribution in [0.5, 0.6) is 0 Å². The minimum absolute atomic E-state index is 0.182. The van der Waals surface area contributed by atoms with Gasteiger partial charge in [-0.1, -0.05) is 6.92 Å². The molecule has 78 valence electrons. The van der Waals surface area contributed by atoms with Gasteiger partial charge in [-0.2, -0.15) is 5.10 Å². The van der Waals surface area contributed by atoms with E-state index in [1.807, 2.05) is 19.9 Å². The second kappa shape index (κ2) is 3.85. The smallest absolute Gasteiger partial charge is 0.131 e. The molecule has 0 amide bonds. The summed E-state index contributed by atoms with van der Waals surface area (Å²) in [4.78, 5) is 0. The lowest BCUT2D eigenvalue weighted by Gasteiger charge is -2.07. The summed E-state index contributed by atoms with van der Waals surface area (Å²) in [6.45, 7) is 4.03. The van der Waals surface area contributed by atoms with E-state index in [0.717, 1.165) is 23.1 Å². The Bertz CT molecular complexity index is 461. The number of hydrogen-bond donors (Lipinski definition) is 1. The minimum Gasteiger partial charge on any atom is -0.285 e. The first-order valence-corrected chi connectivity index (χ1v) is 5.00. The number of nitrogens with zero attached hydrogens (tertiary/aromatic N) is 1. The van der Waals surface area contributed by atoms with Crippen molar-refractivity contribution in [2.45, 2.75) is 20.3 Å². The Morgan fingerprint density at radius 3 is 2.80 bits per heavy atom. The predicted octanol–water partition coefficient (Wildman–Crippen LogP) is 3.09. The van der Waals surface area contributed by atoms with Gasteiger partial charge in [0.05, 0.1) is 6.20 Å². The third kappa shape index (κ3) is 1.77. The molecule has 0 spiro atoms. The zero-order valence-corrected chi connectivity index (χ0v) is 8.84. The molecule has 3 heteroatoms. The Balaban J connectivity index is 2.55. The van der Waals surface area contributed by atoms with Crippen molar-refractivity contribution in [1.82, 2.24) is 10.2 Å². The molecule has 0 unspecified atom stereocenters. The first-order chi connectivity index (χ1) is 7.22. The molecule has 1 aromatic heterocycles. The van der Waals surface area contributed by atoms with E-state index in [0.29, 0.717) is 5.56 Å². The molecule has 15 heavy (non-hydrogen) atoms. The molecule has 0 saturated carbocycles. The standard InChI is InChI=1S/C12H13FN2/c1-3-9-5-12(13)11(4-8(9)2)10-6-14-15-7-10/h4-7H,3H2,1-2H3,(H,14,15). The van der Waals surface area contributed by atoms with E-state index in [4.69, 9.17) is 0 Å². The summed E-state index contributed by atoms with van der Waals surface area (Å²) < 4.78 is 13.7. The third-order valence-electron chi connectivity index (χ3n) is 2.62. The SMILES string of the molecule is CCc1cc(F)c(-c2cn[nH]c2)cc1C. The van der Waals surface area contributed by atoms with Gasteiger partial charge in [0.15, 0.2) is 0 Å². The average Bonchev–Trinajstić information content (AvgIpc) is 2.74. The summed E-state index contributed by atoms with van der Waals surface area (Å²) >= 11 is 0. The largest absolute Gasteiger partial charge is 0.285 e. The van der Waals surface area contributed by atoms with Crippen LogP contribution in [-0.2, 0) is 6.42 Å². The maximum atomic E-state index is 13.7. The Hall–Kier alpha value is -1.64. The molecule has 0 atom stereocenters. The molecule has 0 radical (unpaired) electrons. The first-order valence-electron chi connectivity index (χ1n) is 5.00. The van der Waals surface area contributed by atoms with Crippen LogP contribution in [0, 0.1) is 12.7 Å². The zero-order chi connectivity index (χ0) is 10.8. The van der Waals surface area contributed by atoms with Gasteiger partial charge in [-0.25, -0.2) is 4.39 Å².